The van der Waals surface area contributed by atoms with Crippen molar-refractivity contribution in [3.63, 3.8) is 0 Å². The molecule has 1 aliphatic heterocycles. The maximum absolute atomic E-state index is 12.5. The van der Waals surface area contributed by atoms with Gasteiger partial charge in [-0.15, -0.1) is 0 Å². The SMILES string of the molecule is C=CCOC(=O)N1C[C@@H](O[Si](C)(C)C(C)(C)C)C[C@H]1C(O)c1cnn(C)c1. The number of rotatable bonds is 6. The summed E-state index contributed by atoms with van der Waals surface area (Å²) >= 11 is 0. The molecule has 0 bridgehead atoms. The standard InChI is InChI=1S/C19H33N3O4Si/c1-8-9-25-18(24)22-13-15(26-27(6,7)19(2,3)4)10-16(22)17(23)14-11-20-21(5)12-14/h8,11-12,15-17,23H,1,9-10,13H2,2-7H3/t15-,16-,17?/m0/s1. The summed E-state index contributed by atoms with van der Waals surface area (Å²) in [5, 5.41) is 15.1. The zero-order valence-electron chi connectivity index (χ0n) is 17.3. The van der Waals surface area contributed by atoms with Crippen LogP contribution in [0.25, 0.3) is 0 Å². The minimum absolute atomic E-state index is 0.0707. The first-order valence-corrected chi connectivity index (χ1v) is 12.3. The van der Waals surface area contributed by atoms with Crippen LogP contribution in [0.3, 0.4) is 0 Å². The van der Waals surface area contributed by atoms with Gasteiger partial charge in [0.1, 0.15) is 12.7 Å². The van der Waals surface area contributed by atoms with Gasteiger partial charge < -0.3 is 14.3 Å². The summed E-state index contributed by atoms with van der Waals surface area (Å²) < 4.78 is 13.4. The summed E-state index contributed by atoms with van der Waals surface area (Å²) in [7, 11) is -0.196. The molecule has 1 saturated heterocycles. The van der Waals surface area contributed by atoms with Crippen molar-refractivity contribution in [2.75, 3.05) is 13.2 Å². The number of hydrogen-bond acceptors (Lipinski definition) is 5. The topological polar surface area (TPSA) is 76.8 Å². The van der Waals surface area contributed by atoms with Crippen molar-refractivity contribution in [3.05, 3.63) is 30.6 Å². The van der Waals surface area contributed by atoms with Crippen molar-refractivity contribution in [1.29, 1.82) is 0 Å². The molecular formula is C19H33N3O4Si. The summed E-state index contributed by atoms with van der Waals surface area (Å²) in [5.74, 6) is 0. The van der Waals surface area contributed by atoms with Crippen molar-refractivity contribution in [2.45, 2.75) is 63.6 Å². The van der Waals surface area contributed by atoms with E-state index >= 15 is 0 Å². The number of carbonyl (C=O) groups is 1. The molecule has 1 N–H and O–H groups in total. The quantitative estimate of drug-likeness (QED) is 0.591. The van der Waals surface area contributed by atoms with Crippen LogP contribution in [0.2, 0.25) is 18.1 Å². The molecule has 2 rings (SSSR count). The van der Waals surface area contributed by atoms with E-state index in [1.807, 2.05) is 0 Å². The van der Waals surface area contributed by atoms with Crippen LogP contribution in [0.15, 0.2) is 25.0 Å². The molecule has 0 aromatic carbocycles. The van der Waals surface area contributed by atoms with Gasteiger partial charge in [0.25, 0.3) is 0 Å². The molecule has 1 amide bonds. The third-order valence-corrected chi connectivity index (χ3v) is 10.1. The van der Waals surface area contributed by atoms with Crippen molar-refractivity contribution in [1.82, 2.24) is 14.7 Å². The maximum Gasteiger partial charge on any atom is 0.410 e. The van der Waals surface area contributed by atoms with Crippen molar-refractivity contribution < 1.29 is 19.1 Å². The van der Waals surface area contributed by atoms with E-state index in [0.29, 0.717) is 18.5 Å². The van der Waals surface area contributed by atoms with Crippen molar-refractivity contribution in [3.8, 4) is 0 Å². The summed E-state index contributed by atoms with van der Waals surface area (Å²) in [4.78, 5) is 14.1. The average molecular weight is 396 g/mol. The van der Waals surface area contributed by atoms with E-state index in [9.17, 15) is 9.90 Å². The Morgan fingerprint density at radius 2 is 2.19 bits per heavy atom. The highest BCUT2D eigenvalue weighted by Gasteiger charge is 2.46. The molecule has 0 saturated carbocycles. The number of aliphatic hydroxyl groups excluding tert-OH is 1. The van der Waals surface area contributed by atoms with E-state index in [2.05, 4.69) is 45.5 Å². The van der Waals surface area contributed by atoms with Crippen molar-refractivity contribution >= 4 is 14.4 Å². The lowest BCUT2D eigenvalue weighted by molar-refractivity contribution is 0.0550. The van der Waals surface area contributed by atoms with Gasteiger partial charge in [0.2, 0.25) is 0 Å². The Kier molecular flexibility index (Phi) is 6.54. The van der Waals surface area contributed by atoms with Crippen LogP contribution in [0.5, 0.6) is 0 Å². The lowest BCUT2D eigenvalue weighted by atomic mass is 10.0. The average Bonchev–Trinajstić information content (AvgIpc) is 3.17. The van der Waals surface area contributed by atoms with Gasteiger partial charge in [0.15, 0.2) is 8.32 Å². The zero-order valence-corrected chi connectivity index (χ0v) is 18.3. The molecule has 1 aliphatic rings. The molecule has 1 aromatic heterocycles. The molecule has 27 heavy (non-hydrogen) atoms. The van der Waals surface area contributed by atoms with Gasteiger partial charge in [-0.25, -0.2) is 4.79 Å². The van der Waals surface area contributed by atoms with Crippen LogP contribution in [0.1, 0.15) is 38.9 Å². The first-order chi connectivity index (χ1) is 12.5. The van der Waals surface area contributed by atoms with Crippen LogP contribution in [0, 0.1) is 0 Å². The van der Waals surface area contributed by atoms with Gasteiger partial charge in [-0.05, 0) is 24.6 Å². The summed E-state index contributed by atoms with van der Waals surface area (Å²) in [6, 6.07) is -0.415. The smallest absolute Gasteiger partial charge is 0.410 e. The molecule has 2 heterocycles. The monoisotopic (exact) mass is 395 g/mol. The Labute approximate surface area is 163 Å². The predicted molar refractivity (Wildman–Crippen MR) is 107 cm³/mol. The number of nitrogens with zero attached hydrogens (tertiary/aromatic N) is 3. The molecule has 7 nitrogen and oxygen atoms in total. The number of likely N-dealkylation sites (tertiary alicyclic amines) is 1. The van der Waals surface area contributed by atoms with E-state index < -0.39 is 26.6 Å². The zero-order chi connectivity index (χ0) is 20.4. The van der Waals surface area contributed by atoms with E-state index in [1.54, 1.807) is 29.0 Å². The first-order valence-electron chi connectivity index (χ1n) is 9.35. The lowest BCUT2D eigenvalue weighted by Gasteiger charge is -2.38. The van der Waals surface area contributed by atoms with Gasteiger partial charge in [-0.3, -0.25) is 9.58 Å². The third-order valence-electron chi connectivity index (χ3n) is 5.56. The summed E-state index contributed by atoms with van der Waals surface area (Å²) in [6.07, 6.45) is 4.06. The van der Waals surface area contributed by atoms with Gasteiger partial charge in [0.05, 0.1) is 18.3 Å². The molecule has 0 aliphatic carbocycles. The number of aliphatic hydroxyl groups is 1. The molecule has 1 unspecified atom stereocenters. The number of amides is 1. The summed E-state index contributed by atoms with van der Waals surface area (Å²) in [6.45, 7) is 15.1. The molecule has 0 radical (unpaired) electrons. The number of carbonyl (C=O) groups excluding carboxylic acids is 1. The largest absolute Gasteiger partial charge is 0.445 e. The highest BCUT2D eigenvalue weighted by Crippen LogP contribution is 2.40. The molecule has 8 heteroatoms. The summed E-state index contributed by atoms with van der Waals surface area (Å²) in [5.41, 5.74) is 0.678. The van der Waals surface area contributed by atoms with Gasteiger partial charge in [0, 0.05) is 25.4 Å². The Morgan fingerprint density at radius 1 is 1.52 bits per heavy atom. The minimum atomic E-state index is -1.99. The third kappa shape index (κ3) is 5.00. The molecule has 1 aromatic rings. The molecule has 1 fully saturated rings. The van der Waals surface area contributed by atoms with Crippen LogP contribution >= 0.6 is 0 Å². The Hall–Kier alpha value is -1.64. The molecule has 0 spiro atoms. The molecule has 152 valence electrons. The Balaban J connectivity index is 2.20. The fourth-order valence-electron chi connectivity index (χ4n) is 3.04. The van der Waals surface area contributed by atoms with Gasteiger partial charge in [-0.1, -0.05) is 33.4 Å². The highest BCUT2D eigenvalue weighted by molar-refractivity contribution is 6.74. The maximum atomic E-state index is 12.5. The minimum Gasteiger partial charge on any atom is -0.445 e. The fourth-order valence-corrected chi connectivity index (χ4v) is 4.40. The van der Waals surface area contributed by atoms with E-state index in [0.717, 1.165) is 0 Å². The number of aryl methyl sites for hydroxylation is 1. The van der Waals surface area contributed by atoms with E-state index in [1.165, 1.54) is 6.08 Å². The predicted octanol–water partition coefficient (Wildman–Crippen LogP) is 3.24. The number of hydrogen-bond donors (Lipinski definition) is 1. The molecule has 3 atom stereocenters. The number of ether oxygens (including phenoxy) is 1. The van der Waals surface area contributed by atoms with Crippen molar-refractivity contribution in [2.24, 2.45) is 7.05 Å². The van der Waals surface area contributed by atoms with E-state index in [4.69, 9.17) is 9.16 Å². The second-order valence-electron chi connectivity index (χ2n) is 8.71. The van der Waals surface area contributed by atoms with Crippen LogP contribution in [0.4, 0.5) is 4.79 Å². The van der Waals surface area contributed by atoms with Crippen LogP contribution < -0.4 is 0 Å². The normalized spacial score (nSPS) is 22.0. The fraction of sp³-hybridized carbons (Fsp3) is 0.684. The Bertz CT molecular complexity index is 668. The van der Waals surface area contributed by atoms with Gasteiger partial charge >= 0.3 is 6.09 Å². The van der Waals surface area contributed by atoms with Crippen LogP contribution in [-0.2, 0) is 16.2 Å². The molecular weight excluding hydrogens is 362 g/mol. The first kappa shape index (κ1) is 21.7. The Morgan fingerprint density at radius 3 is 2.70 bits per heavy atom. The second kappa shape index (κ2) is 8.16. The number of aromatic nitrogens is 2. The highest BCUT2D eigenvalue weighted by atomic mass is 28.4. The van der Waals surface area contributed by atoms with E-state index in [-0.39, 0.29) is 17.7 Å². The van der Waals surface area contributed by atoms with Crippen LogP contribution in [-0.4, -0.2) is 59.5 Å². The second-order valence-corrected chi connectivity index (χ2v) is 13.5. The van der Waals surface area contributed by atoms with Gasteiger partial charge in [-0.2, -0.15) is 5.10 Å². The lowest BCUT2D eigenvalue weighted by Crippen LogP contribution is -2.45.